The molecule has 21 heavy (non-hydrogen) atoms. The Morgan fingerprint density at radius 1 is 1.19 bits per heavy atom. The molecule has 5 heteroatoms. The molecule has 0 saturated carbocycles. The van der Waals surface area contributed by atoms with Gasteiger partial charge in [0.25, 0.3) is 0 Å². The van der Waals surface area contributed by atoms with Crippen LogP contribution >= 0.6 is 0 Å². The summed E-state index contributed by atoms with van der Waals surface area (Å²) < 4.78 is 26.8. The molecule has 4 nitrogen and oxygen atoms in total. The fourth-order valence-corrected chi connectivity index (χ4v) is 3.85. The molecule has 118 valence electrons. The van der Waals surface area contributed by atoms with Crippen LogP contribution in [0.4, 0.5) is 0 Å². The van der Waals surface area contributed by atoms with Crippen molar-refractivity contribution in [2.45, 2.75) is 25.7 Å². The molecule has 1 saturated heterocycles. The Kier molecular flexibility index (Phi) is 6.21. The molecule has 1 aliphatic heterocycles. The fraction of sp³-hybridized carbons (Fsp3) is 0.625. The molecule has 0 unspecified atom stereocenters. The Balaban J connectivity index is 1.67. The molecule has 0 aliphatic carbocycles. The van der Waals surface area contributed by atoms with E-state index in [1.807, 2.05) is 30.3 Å². The first-order valence-electron chi connectivity index (χ1n) is 7.75. The molecule has 1 fully saturated rings. The zero-order chi connectivity index (χ0) is 15.1. The Morgan fingerprint density at radius 2 is 1.86 bits per heavy atom. The van der Waals surface area contributed by atoms with Crippen molar-refractivity contribution >= 4 is 10.0 Å². The fourth-order valence-electron chi connectivity index (χ4n) is 2.69. The van der Waals surface area contributed by atoms with Gasteiger partial charge in [-0.25, -0.2) is 13.1 Å². The topological polar surface area (TPSA) is 49.4 Å². The van der Waals surface area contributed by atoms with Crippen LogP contribution in [0.1, 0.15) is 24.8 Å². The van der Waals surface area contributed by atoms with Crippen molar-refractivity contribution in [3.63, 3.8) is 0 Å². The maximum Gasteiger partial charge on any atom is 0.211 e. The first-order chi connectivity index (χ1) is 10.1. The second-order valence-corrected chi connectivity index (χ2v) is 7.93. The van der Waals surface area contributed by atoms with Crippen LogP contribution in [0, 0.1) is 5.92 Å². The smallest absolute Gasteiger partial charge is 0.211 e. The zero-order valence-electron chi connectivity index (χ0n) is 12.8. The van der Waals surface area contributed by atoms with Gasteiger partial charge in [0.1, 0.15) is 0 Å². The van der Waals surface area contributed by atoms with E-state index < -0.39 is 10.0 Å². The van der Waals surface area contributed by atoms with Gasteiger partial charge >= 0.3 is 0 Å². The first-order valence-corrected chi connectivity index (χ1v) is 9.40. The number of likely N-dealkylation sites (tertiary alicyclic amines) is 1. The Hall–Kier alpha value is -0.910. The lowest BCUT2D eigenvalue weighted by atomic mass is 9.98. The van der Waals surface area contributed by atoms with Gasteiger partial charge in [0.15, 0.2) is 0 Å². The lowest BCUT2D eigenvalue weighted by molar-refractivity contribution is 0.220. The number of hydrogen-bond acceptors (Lipinski definition) is 3. The summed E-state index contributed by atoms with van der Waals surface area (Å²) in [5.74, 6) is 0.708. The van der Waals surface area contributed by atoms with Crippen LogP contribution in [-0.2, 0) is 16.4 Å². The predicted molar refractivity (Wildman–Crippen MR) is 86.8 cm³/mol. The van der Waals surface area contributed by atoms with E-state index in [-0.39, 0.29) is 5.75 Å². The second kappa shape index (κ2) is 7.92. The van der Waals surface area contributed by atoms with Crippen LogP contribution in [-0.4, -0.2) is 45.8 Å². The average Bonchev–Trinajstić information content (AvgIpc) is 2.48. The van der Waals surface area contributed by atoms with Crippen LogP contribution in [0.5, 0.6) is 0 Å². The number of hydrogen-bond donors (Lipinski definition) is 1. The van der Waals surface area contributed by atoms with Crippen molar-refractivity contribution in [3.05, 3.63) is 35.9 Å². The molecular formula is C16H26N2O2S. The molecule has 1 N–H and O–H groups in total. The van der Waals surface area contributed by atoms with E-state index in [4.69, 9.17) is 0 Å². The summed E-state index contributed by atoms with van der Waals surface area (Å²) in [4.78, 5) is 2.30. The lowest BCUT2D eigenvalue weighted by Gasteiger charge is -2.28. The van der Waals surface area contributed by atoms with Gasteiger partial charge in [-0.05, 0) is 57.3 Å². The van der Waals surface area contributed by atoms with Crippen molar-refractivity contribution < 1.29 is 8.42 Å². The highest BCUT2D eigenvalue weighted by Crippen LogP contribution is 2.15. The van der Waals surface area contributed by atoms with Crippen LogP contribution in [0.15, 0.2) is 30.3 Å². The predicted octanol–water partition coefficient (Wildman–Crippen LogP) is 1.88. The number of nitrogens with one attached hydrogen (secondary N) is 1. The number of benzene rings is 1. The van der Waals surface area contributed by atoms with Gasteiger partial charge in [-0.15, -0.1) is 0 Å². The maximum atomic E-state index is 12.0. The summed E-state index contributed by atoms with van der Waals surface area (Å²) in [5, 5.41) is 0. The first kappa shape index (κ1) is 16.5. The summed E-state index contributed by atoms with van der Waals surface area (Å²) >= 11 is 0. The van der Waals surface area contributed by atoms with Crippen molar-refractivity contribution in [1.82, 2.24) is 9.62 Å². The van der Waals surface area contributed by atoms with Crippen molar-refractivity contribution in [1.29, 1.82) is 0 Å². The molecule has 1 aromatic carbocycles. The molecule has 1 aromatic rings. The normalized spacial score (nSPS) is 18.0. The Morgan fingerprint density at radius 3 is 2.52 bits per heavy atom. The van der Waals surface area contributed by atoms with Gasteiger partial charge < -0.3 is 4.90 Å². The summed E-state index contributed by atoms with van der Waals surface area (Å²) in [6, 6.07) is 10.0. The zero-order valence-corrected chi connectivity index (χ0v) is 13.6. The second-order valence-electron chi connectivity index (χ2n) is 6.00. The van der Waals surface area contributed by atoms with Gasteiger partial charge in [0.05, 0.1) is 5.75 Å². The summed E-state index contributed by atoms with van der Waals surface area (Å²) in [7, 11) is -1.01. The molecule has 0 bridgehead atoms. The third-order valence-corrected chi connectivity index (χ3v) is 5.58. The van der Waals surface area contributed by atoms with E-state index in [1.165, 1.54) is 5.56 Å². The van der Waals surface area contributed by atoms with Crippen molar-refractivity contribution in [2.75, 3.05) is 32.4 Å². The third-order valence-electron chi connectivity index (χ3n) is 4.15. The monoisotopic (exact) mass is 310 g/mol. The number of piperidine rings is 1. The Labute approximate surface area is 128 Å². The molecule has 0 spiro atoms. The van der Waals surface area contributed by atoms with Crippen molar-refractivity contribution in [3.8, 4) is 0 Å². The standard InChI is InChI=1S/C16H26N2O2S/c1-18-11-9-16(10-12-18)14-17-21(19,20)13-5-8-15-6-3-2-4-7-15/h2-4,6-7,16-17H,5,8-14H2,1H3. The molecule has 1 aliphatic rings. The Bertz CT molecular complexity index is 508. The van der Waals surface area contributed by atoms with Crippen LogP contribution in [0.25, 0.3) is 0 Å². The molecule has 1 heterocycles. The summed E-state index contributed by atoms with van der Waals surface area (Å²) in [6.07, 6.45) is 3.66. The minimum Gasteiger partial charge on any atom is -0.306 e. The quantitative estimate of drug-likeness (QED) is 0.836. The molecule has 0 atom stereocenters. The highest BCUT2D eigenvalue weighted by Gasteiger charge is 2.19. The van der Waals surface area contributed by atoms with E-state index in [1.54, 1.807) is 0 Å². The summed E-state index contributed by atoms with van der Waals surface area (Å²) in [6.45, 7) is 2.74. The highest BCUT2D eigenvalue weighted by molar-refractivity contribution is 7.89. The number of sulfonamides is 1. The summed E-state index contributed by atoms with van der Waals surface area (Å²) in [5.41, 5.74) is 1.20. The largest absolute Gasteiger partial charge is 0.306 e. The van der Waals surface area contributed by atoms with E-state index in [0.717, 1.165) is 32.4 Å². The van der Waals surface area contributed by atoms with Crippen molar-refractivity contribution in [2.24, 2.45) is 5.92 Å². The van der Waals surface area contributed by atoms with Crippen LogP contribution in [0.3, 0.4) is 0 Å². The van der Waals surface area contributed by atoms with E-state index in [9.17, 15) is 8.42 Å². The number of rotatable bonds is 7. The van der Waals surface area contributed by atoms with Gasteiger partial charge in [0.2, 0.25) is 10.0 Å². The van der Waals surface area contributed by atoms with Gasteiger partial charge in [-0.2, -0.15) is 0 Å². The van der Waals surface area contributed by atoms with Gasteiger partial charge in [0, 0.05) is 6.54 Å². The lowest BCUT2D eigenvalue weighted by Crippen LogP contribution is -2.37. The highest BCUT2D eigenvalue weighted by atomic mass is 32.2. The minimum atomic E-state index is -3.13. The third kappa shape index (κ3) is 6.16. The van der Waals surface area contributed by atoms with Gasteiger partial charge in [-0.1, -0.05) is 30.3 Å². The van der Waals surface area contributed by atoms with Crippen LogP contribution in [0.2, 0.25) is 0 Å². The number of aryl methyl sites for hydroxylation is 1. The molecule has 0 radical (unpaired) electrons. The molecule has 0 amide bonds. The van der Waals surface area contributed by atoms with E-state index >= 15 is 0 Å². The van der Waals surface area contributed by atoms with E-state index in [0.29, 0.717) is 18.9 Å². The average molecular weight is 310 g/mol. The minimum absolute atomic E-state index is 0.217. The SMILES string of the molecule is CN1CCC(CNS(=O)(=O)CCCc2ccccc2)CC1. The maximum absolute atomic E-state index is 12.0. The molecular weight excluding hydrogens is 284 g/mol. The number of nitrogens with zero attached hydrogens (tertiary/aromatic N) is 1. The van der Waals surface area contributed by atoms with E-state index in [2.05, 4.69) is 16.7 Å². The molecule has 0 aromatic heterocycles. The van der Waals surface area contributed by atoms with Gasteiger partial charge in [-0.3, -0.25) is 0 Å². The van der Waals surface area contributed by atoms with Crippen LogP contribution < -0.4 is 4.72 Å². The molecule has 2 rings (SSSR count).